The highest BCUT2D eigenvalue weighted by atomic mass is 16.2. The topological polar surface area (TPSA) is 102 Å². The fourth-order valence-corrected chi connectivity index (χ4v) is 1.68. The summed E-state index contributed by atoms with van der Waals surface area (Å²) in [5.74, 6) is -0.376. The highest BCUT2D eigenvalue weighted by Crippen LogP contribution is 2.18. The van der Waals surface area contributed by atoms with E-state index in [1.807, 2.05) is 6.92 Å². The van der Waals surface area contributed by atoms with E-state index in [4.69, 9.17) is 5.73 Å². The second-order valence-electron chi connectivity index (χ2n) is 4.64. The van der Waals surface area contributed by atoms with Crippen molar-refractivity contribution in [3.8, 4) is 0 Å². The summed E-state index contributed by atoms with van der Waals surface area (Å²) >= 11 is 0. The summed E-state index contributed by atoms with van der Waals surface area (Å²) in [5, 5.41) is 9.57. The van der Waals surface area contributed by atoms with Crippen molar-refractivity contribution in [1.29, 1.82) is 0 Å². The fourth-order valence-electron chi connectivity index (χ4n) is 1.68. The Hall–Kier alpha value is -2.05. The van der Waals surface area contributed by atoms with E-state index in [0.717, 1.165) is 12.8 Å². The molecule has 0 atom stereocenters. The van der Waals surface area contributed by atoms with Gasteiger partial charge >= 0.3 is 0 Å². The van der Waals surface area contributed by atoms with Crippen LogP contribution in [0.1, 0.15) is 36.7 Å². The van der Waals surface area contributed by atoms with Gasteiger partial charge in [-0.2, -0.15) is 5.10 Å². The van der Waals surface area contributed by atoms with E-state index in [1.54, 1.807) is 10.9 Å². The molecule has 2 amide bonds. The molecule has 1 aromatic rings. The molecule has 0 unspecified atom stereocenters. The first kappa shape index (κ1) is 13.4. The predicted octanol–water partition coefficient (Wildman–Crippen LogP) is -0.116. The number of carbonyl (C=O) groups is 2. The summed E-state index contributed by atoms with van der Waals surface area (Å²) in [6.45, 7) is 2.85. The number of anilines is 1. The molecule has 1 heterocycles. The van der Waals surface area contributed by atoms with Gasteiger partial charge in [-0.3, -0.25) is 14.3 Å². The van der Waals surface area contributed by atoms with Crippen LogP contribution in [0, 0.1) is 0 Å². The van der Waals surface area contributed by atoms with E-state index in [-0.39, 0.29) is 30.5 Å². The predicted molar refractivity (Wildman–Crippen MR) is 70.4 cm³/mol. The third-order valence-corrected chi connectivity index (χ3v) is 2.91. The highest BCUT2D eigenvalue weighted by molar-refractivity contribution is 5.97. The molecule has 1 aliphatic carbocycles. The minimum atomic E-state index is -0.344. The van der Waals surface area contributed by atoms with Gasteiger partial charge in [0.05, 0.1) is 5.69 Å². The SMILES string of the molecule is CCn1cc(N)c(C(=O)NCCC(=O)NC2CC2)n1. The van der Waals surface area contributed by atoms with Gasteiger partial charge in [-0.25, -0.2) is 0 Å². The number of rotatable bonds is 6. The van der Waals surface area contributed by atoms with Crippen LogP contribution in [0.4, 0.5) is 5.69 Å². The Balaban J connectivity index is 1.76. The van der Waals surface area contributed by atoms with Gasteiger partial charge in [0.1, 0.15) is 0 Å². The van der Waals surface area contributed by atoms with Gasteiger partial charge in [0.2, 0.25) is 5.91 Å². The summed E-state index contributed by atoms with van der Waals surface area (Å²) in [7, 11) is 0. The van der Waals surface area contributed by atoms with Crippen LogP contribution in [-0.2, 0) is 11.3 Å². The van der Waals surface area contributed by atoms with Crippen LogP contribution in [0.25, 0.3) is 0 Å². The van der Waals surface area contributed by atoms with E-state index in [0.29, 0.717) is 18.3 Å². The Morgan fingerprint density at radius 1 is 1.53 bits per heavy atom. The Bertz CT molecular complexity index is 478. The molecule has 19 heavy (non-hydrogen) atoms. The van der Waals surface area contributed by atoms with Crippen LogP contribution in [0.3, 0.4) is 0 Å². The summed E-state index contributed by atoms with van der Waals surface area (Å²) in [6.07, 6.45) is 4.01. The first-order valence-electron chi connectivity index (χ1n) is 6.50. The third kappa shape index (κ3) is 3.70. The van der Waals surface area contributed by atoms with Gasteiger partial charge in [0.15, 0.2) is 5.69 Å². The zero-order chi connectivity index (χ0) is 13.8. The Kier molecular flexibility index (Phi) is 4.03. The molecule has 7 nitrogen and oxygen atoms in total. The molecular weight excluding hydrogens is 246 g/mol. The number of aryl methyl sites for hydroxylation is 1. The van der Waals surface area contributed by atoms with Crippen molar-refractivity contribution in [2.24, 2.45) is 0 Å². The van der Waals surface area contributed by atoms with Crippen molar-refractivity contribution >= 4 is 17.5 Å². The molecule has 0 radical (unpaired) electrons. The normalized spacial score (nSPS) is 14.2. The number of amides is 2. The maximum absolute atomic E-state index is 11.8. The minimum Gasteiger partial charge on any atom is -0.396 e. The monoisotopic (exact) mass is 265 g/mol. The summed E-state index contributed by atoms with van der Waals surface area (Å²) in [5.41, 5.74) is 6.26. The van der Waals surface area contributed by atoms with E-state index in [2.05, 4.69) is 15.7 Å². The maximum Gasteiger partial charge on any atom is 0.273 e. The van der Waals surface area contributed by atoms with Gasteiger partial charge in [0, 0.05) is 31.7 Å². The number of nitrogens with two attached hydrogens (primary N) is 1. The van der Waals surface area contributed by atoms with Crippen molar-refractivity contribution in [3.05, 3.63) is 11.9 Å². The van der Waals surface area contributed by atoms with Crippen LogP contribution in [0.15, 0.2) is 6.20 Å². The number of aromatic nitrogens is 2. The van der Waals surface area contributed by atoms with Crippen LogP contribution >= 0.6 is 0 Å². The molecule has 104 valence electrons. The van der Waals surface area contributed by atoms with Gasteiger partial charge in [-0.05, 0) is 19.8 Å². The zero-order valence-electron chi connectivity index (χ0n) is 11.0. The quantitative estimate of drug-likeness (QED) is 0.667. The number of nitrogens with zero attached hydrogens (tertiary/aromatic N) is 2. The summed E-state index contributed by atoms with van der Waals surface area (Å²) < 4.78 is 1.60. The zero-order valence-corrected chi connectivity index (χ0v) is 11.0. The van der Waals surface area contributed by atoms with Crippen LogP contribution in [0.5, 0.6) is 0 Å². The Morgan fingerprint density at radius 3 is 2.84 bits per heavy atom. The molecule has 0 aliphatic heterocycles. The van der Waals surface area contributed by atoms with E-state index < -0.39 is 0 Å². The fraction of sp³-hybridized carbons (Fsp3) is 0.583. The summed E-state index contributed by atoms with van der Waals surface area (Å²) in [4.78, 5) is 23.2. The molecule has 7 heteroatoms. The molecule has 0 aromatic carbocycles. The van der Waals surface area contributed by atoms with Gasteiger partial charge in [-0.1, -0.05) is 0 Å². The summed E-state index contributed by atoms with van der Waals surface area (Å²) in [6, 6.07) is 0.346. The van der Waals surface area contributed by atoms with E-state index in [1.165, 1.54) is 0 Å². The van der Waals surface area contributed by atoms with Crippen molar-refractivity contribution < 1.29 is 9.59 Å². The number of hydrogen-bond donors (Lipinski definition) is 3. The van der Waals surface area contributed by atoms with E-state index in [9.17, 15) is 9.59 Å². The average molecular weight is 265 g/mol. The molecule has 0 bridgehead atoms. The van der Waals surface area contributed by atoms with Crippen LogP contribution < -0.4 is 16.4 Å². The number of carbonyl (C=O) groups excluding carboxylic acids is 2. The molecule has 0 saturated heterocycles. The second-order valence-corrected chi connectivity index (χ2v) is 4.64. The van der Waals surface area contributed by atoms with Crippen LogP contribution in [0.2, 0.25) is 0 Å². The number of nitrogens with one attached hydrogen (secondary N) is 2. The lowest BCUT2D eigenvalue weighted by Gasteiger charge is -2.04. The van der Waals surface area contributed by atoms with Gasteiger partial charge < -0.3 is 16.4 Å². The van der Waals surface area contributed by atoms with E-state index >= 15 is 0 Å². The molecule has 4 N–H and O–H groups in total. The smallest absolute Gasteiger partial charge is 0.273 e. The minimum absolute atomic E-state index is 0.0325. The molecule has 0 spiro atoms. The van der Waals surface area contributed by atoms with Crippen molar-refractivity contribution in [3.63, 3.8) is 0 Å². The number of hydrogen-bond acceptors (Lipinski definition) is 4. The Labute approximate surface area is 111 Å². The highest BCUT2D eigenvalue weighted by Gasteiger charge is 2.23. The molecular formula is C12H19N5O2. The Morgan fingerprint density at radius 2 is 2.26 bits per heavy atom. The average Bonchev–Trinajstić information content (AvgIpc) is 3.09. The molecule has 1 fully saturated rings. The lowest BCUT2D eigenvalue weighted by Crippen LogP contribution is -2.32. The first-order valence-corrected chi connectivity index (χ1v) is 6.50. The standard InChI is InChI=1S/C12H19N5O2/c1-2-17-7-9(13)11(16-17)12(19)14-6-5-10(18)15-8-3-4-8/h7-8H,2-6,13H2,1H3,(H,14,19)(H,15,18). The molecule has 1 saturated carbocycles. The third-order valence-electron chi connectivity index (χ3n) is 2.91. The molecule has 1 aromatic heterocycles. The lowest BCUT2D eigenvalue weighted by molar-refractivity contribution is -0.121. The number of nitrogen functional groups attached to an aromatic ring is 1. The van der Waals surface area contributed by atoms with Gasteiger partial charge in [-0.15, -0.1) is 0 Å². The molecule has 2 rings (SSSR count). The lowest BCUT2D eigenvalue weighted by atomic mass is 10.3. The molecule has 1 aliphatic rings. The van der Waals surface area contributed by atoms with Crippen molar-refractivity contribution in [1.82, 2.24) is 20.4 Å². The van der Waals surface area contributed by atoms with Gasteiger partial charge in [0.25, 0.3) is 5.91 Å². The maximum atomic E-state index is 11.8. The largest absolute Gasteiger partial charge is 0.396 e. The first-order chi connectivity index (χ1) is 9.10. The van der Waals surface area contributed by atoms with Crippen LogP contribution in [-0.4, -0.2) is 34.2 Å². The second kappa shape index (κ2) is 5.73. The van der Waals surface area contributed by atoms with Crippen molar-refractivity contribution in [2.45, 2.75) is 38.8 Å². The van der Waals surface area contributed by atoms with Crippen molar-refractivity contribution in [2.75, 3.05) is 12.3 Å².